The predicted molar refractivity (Wildman–Crippen MR) is 148 cm³/mol. The maximum atomic E-state index is 13.2. The van der Waals surface area contributed by atoms with E-state index in [9.17, 15) is 14.4 Å². The van der Waals surface area contributed by atoms with Crippen LogP contribution in [-0.4, -0.2) is 67.0 Å². The second kappa shape index (κ2) is 16.4. The zero-order valence-electron chi connectivity index (χ0n) is 22.4. The summed E-state index contributed by atoms with van der Waals surface area (Å²) in [5.74, 6) is -0.498. The van der Waals surface area contributed by atoms with Crippen LogP contribution in [0.25, 0.3) is 0 Å². The van der Waals surface area contributed by atoms with Crippen molar-refractivity contribution in [2.75, 3.05) is 26.2 Å². The normalized spacial score (nSPS) is 12.5. The molecule has 3 amide bonds. The van der Waals surface area contributed by atoms with E-state index < -0.39 is 18.0 Å². The first-order valence-corrected chi connectivity index (χ1v) is 13.0. The minimum atomic E-state index is -1.11. The van der Waals surface area contributed by atoms with Gasteiger partial charge < -0.3 is 37.5 Å². The Morgan fingerprint density at radius 3 is 2.21 bits per heavy atom. The number of nitrogens with two attached hydrogens (primary N) is 3. The van der Waals surface area contributed by atoms with Gasteiger partial charge in [0.1, 0.15) is 11.8 Å². The average molecular weight is 527 g/mol. The molecule has 0 radical (unpaired) electrons. The molecule has 0 saturated heterocycles. The molecule has 0 aliphatic heterocycles. The summed E-state index contributed by atoms with van der Waals surface area (Å²) in [5.41, 5.74) is 19.1. The third-order valence-electron chi connectivity index (χ3n) is 5.82. The lowest BCUT2D eigenvalue weighted by Gasteiger charge is -2.24. The number of aryl methyl sites for hydroxylation is 1. The van der Waals surface area contributed by atoms with Crippen LogP contribution >= 0.6 is 0 Å². The molecular weight excluding hydrogens is 484 g/mol. The Morgan fingerprint density at radius 1 is 0.921 bits per heavy atom. The molecule has 2 atom stereocenters. The number of nitrogens with zero attached hydrogens (tertiary/aromatic N) is 1. The van der Waals surface area contributed by atoms with Gasteiger partial charge in [0.2, 0.25) is 17.7 Å². The zero-order chi connectivity index (χ0) is 27.9. The van der Waals surface area contributed by atoms with Crippen LogP contribution in [-0.2, 0) is 27.3 Å². The molecule has 10 heteroatoms. The highest BCUT2D eigenvalue weighted by Gasteiger charge is 2.26. The topological polar surface area (TPSA) is 166 Å². The zero-order valence-corrected chi connectivity index (χ0v) is 22.4. The molecule has 0 aromatic heterocycles. The van der Waals surface area contributed by atoms with Crippen molar-refractivity contribution in [2.45, 2.75) is 57.8 Å². The molecule has 0 bridgehead atoms. The Balaban J connectivity index is 2.05. The molecule has 2 aromatic carbocycles. The highest BCUT2D eigenvalue weighted by Crippen LogP contribution is 2.15. The van der Waals surface area contributed by atoms with Gasteiger partial charge in [-0.1, -0.05) is 42.5 Å². The monoisotopic (exact) mass is 526 g/mol. The smallest absolute Gasteiger partial charge is 0.242 e. The molecular formula is C28H42N6O4. The van der Waals surface area contributed by atoms with Crippen molar-refractivity contribution in [2.24, 2.45) is 17.2 Å². The van der Waals surface area contributed by atoms with E-state index in [-0.39, 0.29) is 44.0 Å². The molecule has 208 valence electrons. The van der Waals surface area contributed by atoms with Crippen molar-refractivity contribution in [1.29, 1.82) is 0 Å². The van der Waals surface area contributed by atoms with E-state index in [2.05, 4.69) is 10.6 Å². The molecule has 0 spiro atoms. The highest BCUT2D eigenvalue weighted by molar-refractivity contribution is 5.92. The number of amides is 3. The summed E-state index contributed by atoms with van der Waals surface area (Å²) in [6.45, 7) is 5.37. The number of carbonyl (C=O) groups is 3. The van der Waals surface area contributed by atoms with Gasteiger partial charge in [-0.05, 0) is 49.9 Å². The van der Waals surface area contributed by atoms with Crippen molar-refractivity contribution in [3.05, 3.63) is 65.7 Å². The number of benzene rings is 2. The molecule has 8 N–H and O–H groups in total. The van der Waals surface area contributed by atoms with E-state index >= 15 is 0 Å². The Bertz CT molecular complexity index is 1010. The minimum Gasteiger partial charge on any atom is -0.491 e. The van der Waals surface area contributed by atoms with Gasteiger partial charge in [-0.25, -0.2) is 0 Å². The minimum absolute atomic E-state index is 0.0335. The number of hydrogen-bond acceptors (Lipinski definition) is 7. The quantitative estimate of drug-likeness (QED) is 0.214. The largest absolute Gasteiger partial charge is 0.491 e. The van der Waals surface area contributed by atoms with Crippen molar-refractivity contribution >= 4 is 17.7 Å². The fraction of sp³-hybridized carbons (Fsp3) is 0.464. The van der Waals surface area contributed by atoms with Crippen LogP contribution < -0.4 is 32.6 Å². The van der Waals surface area contributed by atoms with Crippen molar-refractivity contribution in [1.82, 2.24) is 15.5 Å². The van der Waals surface area contributed by atoms with Gasteiger partial charge >= 0.3 is 0 Å². The van der Waals surface area contributed by atoms with E-state index in [0.717, 1.165) is 16.9 Å². The summed E-state index contributed by atoms with van der Waals surface area (Å²) in [4.78, 5) is 40.1. The lowest BCUT2D eigenvalue weighted by atomic mass is 10.0. The van der Waals surface area contributed by atoms with Gasteiger partial charge in [0.15, 0.2) is 0 Å². The van der Waals surface area contributed by atoms with E-state index in [1.165, 1.54) is 4.90 Å². The fourth-order valence-corrected chi connectivity index (χ4v) is 3.90. The van der Waals surface area contributed by atoms with Crippen LogP contribution in [0.4, 0.5) is 0 Å². The second-order valence-electron chi connectivity index (χ2n) is 9.39. The predicted octanol–water partition coefficient (Wildman–Crippen LogP) is 0.671. The van der Waals surface area contributed by atoms with E-state index in [1.54, 1.807) is 0 Å². The van der Waals surface area contributed by atoms with E-state index in [1.807, 2.05) is 68.4 Å². The first-order valence-electron chi connectivity index (χ1n) is 13.0. The van der Waals surface area contributed by atoms with Crippen LogP contribution in [0, 0.1) is 0 Å². The van der Waals surface area contributed by atoms with Crippen LogP contribution in [0.1, 0.15) is 37.8 Å². The molecule has 0 unspecified atom stereocenters. The van der Waals surface area contributed by atoms with Gasteiger partial charge in [-0.15, -0.1) is 0 Å². The van der Waals surface area contributed by atoms with Gasteiger partial charge in [0.05, 0.1) is 18.6 Å². The summed E-state index contributed by atoms with van der Waals surface area (Å²) in [5, 5.41) is 5.65. The summed E-state index contributed by atoms with van der Waals surface area (Å²) in [6.07, 6.45) is 0.768. The lowest BCUT2D eigenvalue weighted by Crippen LogP contribution is -2.53. The molecule has 0 saturated carbocycles. The molecule has 0 fully saturated rings. The average Bonchev–Trinajstić information content (AvgIpc) is 2.89. The number of ether oxygens (including phenoxy) is 1. The van der Waals surface area contributed by atoms with E-state index in [0.29, 0.717) is 25.9 Å². The number of hydrogen-bond donors (Lipinski definition) is 5. The maximum Gasteiger partial charge on any atom is 0.242 e. The van der Waals surface area contributed by atoms with Gasteiger partial charge in [0, 0.05) is 32.7 Å². The molecule has 10 nitrogen and oxygen atoms in total. The van der Waals surface area contributed by atoms with Gasteiger partial charge in [0.25, 0.3) is 0 Å². The molecule has 2 aromatic rings. The Labute approximate surface area is 225 Å². The highest BCUT2D eigenvalue weighted by atomic mass is 16.5. The maximum absolute atomic E-state index is 13.2. The second-order valence-corrected chi connectivity index (χ2v) is 9.39. The lowest BCUT2D eigenvalue weighted by molar-refractivity contribution is -0.135. The van der Waals surface area contributed by atoms with Gasteiger partial charge in [-0.3, -0.25) is 14.4 Å². The summed E-state index contributed by atoms with van der Waals surface area (Å²) < 4.78 is 5.73. The number of carbonyl (C=O) groups excluding carboxylic acids is 3. The summed E-state index contributed by atoms with van der Waals surface area (Å²) in [7, 11) is 0. The fourth-order valence-electron chi connectivity index (χ4n) is 3.90. The molecule has 0 aliphatic carbocycles. The van der Waals surface area contributed by atoms with E-state index in [4.69, 9.17) is 21.9 Å². The van der Waals surface area contributed by atoms with Crippen LogP contribution in [0.15, 0.2) is 54.6 Å². The molecule has 38 heavy (non-hydrogen) atoms. The molecule has 0 aliphatic rings. The molecule has 0 heterocycles. The first-order chi connectivity index (χ1) is 18.2. The Hall–Kier alpha value is -3.47. The third-order valence-corrected chi connectivity index (χ3v) is 5.82. The van der Waals surface area contributed by atoms with Crippen molar-refractivity contribution < 1.29 is 19.1 Å². The van der Waals surface area contributed by atoms with Crippen LogP contribution in [0.3, 0.4) is 0 Å². The third kappa shape index (κ3) is 10.9. The first kappa shape index (κ1) is 30.8. The SMILES string of the molecule is CC(C)Oc1cccc(CNC(=O)[C@H](CCc2ccccc2)NC(=O)[C@@H](N)CC(=O)N(CCN)CCN)c1. The number of rotatable bonds is 16. The van der Waals surface area contributed by atoms with Gasteiger partial charge in [-0.2, -0.15) is 0 Å². The molecule has 2 rings (SSSR count). The number of nitrogens with one attached hydrogen (secondary N) is 2. The summed E-state index contributed by atoms with van der Waals surface area (Å²) in [6, 6.07) is 15.2. The Morgan fingerprint density at radius 2 is 1.58 bits per heavy atom. The van der Waals surface area contributed by atoms with Crippen molar-refractivity contribution in [3.8, 4) is 5.75 Å². The standard InChI is InChI=1S/C28H42N6O4/c1-20(2)38-23-10-6-9-22(17-23)19-32-28(37)25(12-11-21-7-4-3-5-8-21)33-27(36)24(31)18-26(35)34(15-13-29)16-14-30/h3-10,17,20,24-25H,11-16,18-19,29-31H2,1-2H3,(H,32,37)(H,33,36)/t24-,25-/m0/s1. The van der Waals surface area contributed by atoms with Crippen LogP contribution in [0.2, 0.25) is 0 Å². The van der Waals surface area contributed by atoms with Crippen LogP contribution in [0.5, 0.6) is 5.75 Å². The van der Waals surface area contributed by atoms with Crippen molar-refractivity contribution in [3.63, 3.8) is 0 Å². The Kier molecular flexibility index (Phi) is 13.3. The summed E-state index contributed by atoms with van der Waals surface area (Å²) >= 11 is 0.